The fourth-order valence-corrected chi connectivity index (χ4v) is 4.68. The topological polar surface area (TPSA) is 85.6 Å². The number of piperidine rings is 1. The average Bonchev–Trinajstić information content (AvgIpc) is 2.75. The third-order valence-corrected chi connectivity index (χ3v) is 7.33. The van der Waals surface area contributed by atoms with Crippen molar-refractivity contribution in [1.29, 1.82) is 0 Å². The van der Waals surface area contributed by atoms with Crippen LogP contribution in [0.2, 0.25) is 0 Å². The number of halogens is 2. The van der Waals surface area contributed by atoms with Gasteiger partial charge in [-0.3, -0.25) is 4.79 Å². The first kappa shape index (κ1) is 24.0. The van der Waals surface area contributed by atoms with Gasteiger partial charge in [0.2, 0.25) is 5.91 Å². The molecular weight excluding hydrogens is 512 g/mol. The summed E-state index contributed by atoms with van der Waals surface area (Å²) >= 11 is 2.21. The molecule has 1 aliphatic carbocycles. The van der Waals surface area contributed by atoms with E-state index in [-0.39, 0.29) is 17.8 Å². The van der Waals surface area contributed by atoms with Crippen molar-refractivity contribution >= 4 is 28.5 Å². The molecule has 2 aliphatic rings. The predicted molar refractivity (Wildman–Crippen MR) is 127 cm³/mol. The number of nitrogens with one attached hydrogen (secondary N) is 2. The molecule has 31 heavy (non-hydrogen) atoms. The second-order valence-corrected chi connectivity index (χ2v) is 9.52. The lowest BCUT2D eigenvalue weighted by Gasteiger charge is -2.39. The third-order valence-electron chi connectivity index (χ3n) is 5.86. The highest BCUT2D eigenvalue weighted by Gasteiger charge is 2.47. The molecule has 0 saturated carbocycles. The Morgan fingerprint density at radius 1 is 1.29 bits per heavy atom. The number of methoxy groups -OCH3 is 1. The van der Waals surface area contributed by atoms with E-state index in [1.54, 1.807) is 19.2 Å². The van der Waals surface area contributed by atoms with Crippen LogP contribution in [0.1, 0.15) is 32.6 Å². The maximum atomic E-state index is 13.6. The molecule has 1 aromatic rings. The lowest BCUT2D eigenvalue weighted by atomic mass is 9.73. The molecule has 1 fully saturated rings. The summed E-state index contributed by atoms with van der Waals surface area (Å²) in [6.07, 6.45) is 6.71. The summed E-state index contributed by atoms with van der Waals surface area (Å²) in [5, 5.41) is 6.55. The van der Waals surface area contributed by atoms with Crippen LogP contribution >= 0.6 is 22.6 Å². The minimum Gasteiger partial charge on any atom is -0.500 e. The van der Waals surface area contributed by atoms with Crippen molar-refractivity contribution in [2.24, 2.45) is 11.1 Å². The normalized spacial score (nSPS) is 26.6. The predicted octanol–water partition coefficient (Wildman–Crippen LogP) is 3.42. The number of hydrogen-bond acceptors (Lipinski definition) is 5. The van der Waals surface area contributed by atoms with Crippen molar-refractivity contribution in [2.75, 3.05) is 26.8 Å². The Balaban J connectivity index is 1.76. The molecule has 8 heteroatoms. The first-order chi connectivity index (χ1) is 14.8. The lowest BCUT2D eigenvalue weighted by molar-refractivity contribution is -0.130. The van der Waals surface area contributed by atoms with Crippen LogP contribution < -0.4 is 21.1 Å². The zero-order valence-electron chi connectivity index (χ0n) is 18.0. The SMILES string of the molecule is COC1=CC(C)(N)C(I)=CC1(CCCOc1ccc(F)cc1)C(=O)NC1CCNCC1. The van der Waals surface area contributed by atoms with E-state index in [1.807, 2.05) is 19.1 Å². The molecule has 1 heterocycles. The average molecular weight is 543 g/mol. The summed E-state index contributed by atoms with van der Waals surface area (Å²) < 4.78 is 25.4. The number of carbonyl (C=O) groups excluding carboxylic acids is 1. The van der Waals surface area contributed by atoms with Gasteiger partial charge in [-0.15, -0.1) is 0 Å². The van der Waals surface area contributed by atoms with Gasteiger partial charge in [0, 0.05) is 9.62 Å². The van der Waals surface area contributed by atoms with Gasteiger partial charge in [-0.25, -0.2) is 4.39 Å². The van der Waals surface area contributed by atoms with E-state index in [0.29, 0.717) is 31.0 Å². The van der Waals surface area contributed by atoms with E-state index in [4.69, 9.17) is 15.2 Å². The summed E-state index contributed by atoms with van der Waals surface area (Å²) in [5.41, 5.74) is 4.78. The molecule has 6 nitrogen and oxygen atoms in total. The number of nitrogens with two attached hydrogens (primary N) is 1. The van der Waals surface area contributed by atoms with Crippen molar-refractivity contribution in [3.05, 3.63) is 51.6 Å². The fourth-order valence-electron chi connectivity index (χ4n) is 3.99. The maximum Gasteiger partial charge on any atom is 0.237 e. The van der Waals surface area contributed by atoms with Crippen LogP contribution in [-0.4, -0.2) is 44.3 Å². The van der Waals surface area contributed by atoms with E-state index in [1.165, 1.54) is 12.1 Å². The molecule has 1 aliphatic heterocycles. The number of ether oxygens (including phenoxy) is 2. The van der Waals surface area contributed by atoms with Gasteiger partial charge in [0.15, 0.2) is 0 Å². The zero-order valence-corrected chi connectivity index (χ0v) is 20.2. The molecule has 0 aromatic heterocycles. The second-order valence-electron chi connectivity index (χ2n) is 8.36. The summed E-state index contributed by atoms with van der Waals surface area (Å²) in [4.78, 5) is 13.6. The largest absolute Gasteiger partial charge is 0.500 e. The Labute approximate surface area is 197 Å². The van der Waals surface area contributed by atoms with Gasteiger partial charge in [-0.2, -0.15) is 0 Å². The molecule has 3 rings (SSSR count). The molecule has 0 radical (unpaired) electrons. The van der Waals surface area contributed by atoms with Gasteiger partial charge in [0.05, 0.1) is 19.3 Å². The van der Waals surface area contributed by atoms with E-state index in [9.17, 15) is 9.18 Å². The maximum absolute atomic E-state index is 13.6. The summed E-state index contributed by atoms with van der Waals surface area (Å²) in [7, 11) is 1.58. The van der Waals surface area contributed by atoms with Crippen molar-refractivity contribution in [2.45, 2.75) is 44.2 Å². The first-order valence-corrected chi connectivity index (χ1v) is 11.7. The van der Waals surface area contributed by atoms with Crippen molar-refractivity contribution in [3.8, 4) is 5.75 Å². The Morgan fingerprint density at radius 3 is 2.61 bits per heavy atom. The third kappa shape index (κ3) is 5.78. The smallest absolute Gasteiger partial charge is 0.237 e. The molecule has 2 unspecified atom stereocenters. The fraction of sp³-hybridized carbons (Fsp3) is 0.522. The number of benzene rings is 1. The monoisotopic (exact) mass is 543 g/mol. The highest BCUT2D eigenvalue weighted by molar-refractivity contribution is 14.1. The minimum absolute atomic E-state index is 0.0704. The minimum atomic E-state index is -0.943. The molecule has 0 bridgehead atoms. The van der Waals surface area contributed by atoms with Gasteiger partial charge in [0.25, 0.3) is 0 Å². The van der Waals surface area contributed by atoms with Crippen LogP contribution in [0.5, 0.6) is 5.75 Å². The Bertz CT molecular complexity index is 835. The lowest BCUT2D eigenvalue weighted by Crippen LogP contribution is -2.51. The van der Waals surface area contributed by atoms with Crippen molar-refractivity contribution in [3.63, 3.8) is 0 Å². The first-order valence-electron chi connectivity index (χ1n) is 10.6. The summed E-state index contributed by atoms with van der Waals surface area (Å²) in [6, 6.07) is 6.06. The number of carbonyl (C=O) groups is 1. The van der Waals surface area contributed by atoms with Crippen LogP contribution in [0.25, 0.3) is 0 Å². The van der Waals surface area contributed by atoms with E-state index in [0.717, 1.165) is 29.5 Å². The van der Waals surface area contributed by atoms with Crippen LogP contribution in [0, 0.1) is 11.2 Å². The molecular formula is C23H31FIN3O3. The van der Waals surface area contributed by atoms with Crippen LogP contribution in [0.4, 0.5) is 4.39 Å². The van der Waals surface area contributed by atoms with E-state index < -0.39 is 11.0 Å². The van der Waals surface area contributed by atoms with E-state index >= 15 is 0 Å². The number of amides is 1. The number of hydrogen-bond donors (Lipinski definition) is 3. The molecule has 1 saturated heterocycles. The van der Waals surface area contributed by atoms with Crippen LogP contribution in [0.3, 0.4) is 0 Å². The Hall–Kier alpha value is -1.65. The Morgan fingerprint density at radius 2 is 1.97 bits per heavy atom. The van der Waals surface area contributed by atoms with E-state index in [2.05, 4.69) is 33.2 Å². The standard InChI is InChI=1S/C23H31FIN3O3/c1-22(26)15-20(30-2)23(14-19(22)25,21(29)28-17-8-11-27-12-9-17)10-3-13-31-18-6-4-16(24)5-7-18/h4-7,14-15,17,27H,3,8-13,26H2,1-2H3,(H,28,29). The molecule has 1 amide bonds. The van der Waals surface area contributed by atoms with Crippen LogP contribution in [-0.2, 0) is 9.53 Å². The molecule has 4 N–H and O–H groups in total. The zero-order chi connectivity index (χ0) is 22.5. The van der Waals surface area contributed by atoms with Gasteiger partial charge in [-0.05, 0) is 98.6 Å². The summed E-state index contributed by atoms with van der Waals surface area (Å²) in [6.45, 7) is 4.08. The van der Waals surface area contributed by atoms with Crippen molar-refractivity contribution in [1.82, 2.24) is 10.6 Å². The quantitative estimate of drug-likeness (QED) is 0.346. The molecule has 170 valence electrons. The molecule has 0 spiro atoms. The second kappa shape index (κ2) is 10.3. The van der Waals surface area contributed by atoms with Crippen molar-refractivity contribution < 1.29 is 18.7 Å². The highest BCUT2D eigenvalue weighted by Crippen LogP contribution is 2.44. The van der Waals surface area contributed by atoms with Gasteiger partial charge < -0.3 is 25.8 Å². The number of rotatable bonds is 8. The van der Waals surface area contributed by atoms with Gasteiger partial charge in [-0.1, -0.05) is 6.08 Å². The molecule has 1 aromatic carbocycles. The summed E-state index contributed by atoms with van der Waals surface area (Å²) in [5.74, 6) is 0.785. The van der Waals surface area contributed by atoms with Gasteiger partial charge in [0.1, 0.15) is 22.7 Å². The Kier molecular flexibility index (Phi) is 7.98. The highest BCUT2D eigenvalue weighted by atomic mass is 127. The van der Waals surface area contributed by atoms with Gasteiger partial charge >= 0.3 is 0 Å². The van der Waals surface area contributed by atoms with Crippen LogP contribution in [0.15, 0.2) is 45.8 Å². The molecule has 2 atom stereocenters.